The summed E-state index contributed by atoms with van der Waals surface area (Å²) in [6.07, 6.45) is 0. The highest BCUT2D eigenvalue weighted by molar-refractivity contribution is 5.94. The van der Waals surface area contributed by atoms with E-state index in [0.29, 0.717) is 31.7 Å². The lowest BCUT2D eigenvalue weighted by atomic mass is 10.1. The molecule has 0 radical (unpaired) electrons. The third-order valence-corrected chi connectivity index (χ3v) is 4.37. The molecule has 128 valence electrons. The van der Waals surface area contributed by atoms with Gasteiger partial charge in [-0.3, -0.25) is 9.69 Å². The maximum Gasteiger partial charge on any atom is 0.253 e. The standard InChI is InChI=1S/C19H17F2N3O/c20-16-5-1-14(2-6-16)18(13-22)23-9-11-24(12-10-23)19(25)15-3-7-17(21)8-4-15/h1-8,18H,9-12H2/t18-/m1/s1. The molecule has 0 bridgehead atoms. The Kier molecular flexibility index (Phi) is 5.05. The molecule has 3 rings (SSSR count). The summed E-state index contributed by atoms with van der Waals surface area (Å²) in [4.78, 5) is 16.1. The number of hydrogen-bond acceptors (Lipinski definition) is 3. The first-order valence-corrected chi connectivity index (χ1v) is 8.02. The summed E-state index contributed by atoms with van der Waals surface area (Å²) < 4.78 is 26.0. The number of rotatable bonds is 3. The third kappa shape index (κ3) is 3.83. The molecule has 0 unspecified atom stereocenters. The van der Waals surface area contributed by atoms with Crippen molar-refractivity contribution in [2.75, 3.05) is 26.2 Å². The predicted molar refractivity (Wildman–Crippen MR) is 88.6 cm³/mol. The Morgan fingerprint density at radius 1 is 0.920 bits per heavy atom. The SMILES string of the molecule is N#C[C@H](c1ccc(F)cc1)N1CCN(C(=O)c2ccc(F)cc2)CC1. The number of halogens is 2. The van der Waals surface area contributed by atoms with Gasteiger partial charge in [0.15, 0.2) is 0 Å². The second-order valence-electron chi connectivity index (χ2n) is 5.92. The largest absolute Gasteiger partial charge is 0.336 e. The molecule has 6 heteroatoms. The lowest BCUT2D eigenvalue weighted by Crippen LogP contribution is -2.49. The van der Waals surface area contributed by atoms with E-state index in [1.54, 1.807) is 17.0 Å². The predicted octanol–water partition coefficient (Wildman–Crippen LogP) is 2.99. The number of nitrogens with zero attached hydrogens (tertiary/aromatic N) is 3. The minimum Gasteiger partial charge on any atom is -0.336 e. The summed E-state index contributed by atoms with van der Waals surface area (Å²) in [6, 6.07) is 13.2. The van der Waals surface area contributed by atoms with E-state index >= 15 is 0 Å². The van der Waals surface area contributed by atoms with Crippen molar-refractivity contribution < 1.29 is 13.6 Å². The molecule has 1 heterocycles. The van der Waals surface area contributed by atoms with Gasteiger partial charge in [-0.2, -0.15) is 5.26 Å². The van der Waals surface area contributed by atoms with Crippen LogP contribution in [0.4, 0.5) is 8.78 Å². The zero-order valence-corrected chi connectivity index (χ0v) is 13.5. The molecule has 4 nitrogen and oxygen atoms in total. The fourth-order valence-electron chi connectivity index (χ4n) is 2.97. The van der Waals surface area contributed by atoms with Gasteiger partial charge in [0.25, 0.3) is 5.91 Å². The van der Waals surface area contributed by atoms with Crippen LogP contribution >= 0.6 is 0 Å². The van der Waals surface area contributed by atoms with Crippen molar-refractivity contribution in [1.29, 1.82) is 5.26 Å². The van der Waals surface area contributed by atoms with Crippen LogP contribution in [0.25, 0.3) is 0 Å². The summed E-state index contributed by atoms with van der Waals surface area (Å²) >= 11 is 0. The molecule has 1 aliphatic heterocycles. The van der Waals surface area contributed by atoms with Gasteiger partial charge in [0, 0.05) is 31.7 Å². The highest BCUT2D eigenvalue weighted by Gasteiger charge is 2.27. The van der Waals surface area contributed by atoms with Gasteiger partial charge in [-0.1, -0.05) is 12.1 Å². The zero-order valence-electron chi connectivity index (χ0n) is 13.5. The number of carbonyl (C=O) groups excluding carboxylic acids is 1. The molecule has 1 aliphatic rings. The average molecular weight is 341 g/mol. The van der Waals surface area contributed by atoms with Crippen molar-refractivity contribution in [3.63, 3.8) is 0 Å². The van der Waals surface area contributed by atoms with Gasteiger partial charge in [-0.05, 0) is 42.0 Å². The van der Waals surface area contributed by atoms with Crippen LogP contribution in [0.3, 0.4) is 0 Å². The molecular weight excluding hydrogens is 324 g/mol. The Morgan fingerprint density at radius 2 is 1.44 bits per heavy atom. The minimum absolute atomic E-state index is 0.144. The van der Waals surface area contributed by atoms with E-state index in [4.69, 9.17) is 0 Å². The monoisotopic (exact) mass is 341 g/mol. The molecule has 0 aliphatic carbocycles. The normalized spacial score (nSPS) is 16.3. The van der Waals surface area contributed by atoms with Crippen LogP contribution in [0, 0.1) is 23.0 Å². The highest BCUT2D eigenvalue weighted by atomic mass is 19.1. The third-order valence-electron chi connectivity index (χ3n) is 4.37. The lowest BCUT2D eigenvalue weighted by molar-refractivity contribution is 0.0606. The van der Waals surface area contributed by atoms with E-state index in [1.165, 1.54) is 36.4 Å². The molecule has 0 saturated carbocycles. The van der Waals surface area contributed by atoms with Crippen molar-refractivity contribution in [2.45, 2.75) is 6.04 Å². The van der Waals surface area contributed by atoms with Gasteiger partial charge in [-0.25, -0.2) is 8.78 Å². The zero-order chi connectivity index (χ0) is 17.8. The number of benzene rings is 2. The molecule has 1 saturated heterocycles. The molecule has 0 spiro atoms. The summed E-state index contributed by atoms with van der Waals surface area (Å²) in [6.45, 7) is 2.05. The highest BCUT2D eigenvalue weighted by Crippen LogP contribution is 2.22. The molecule has 0 N–H and O–H groups in total. The molecular formula is C19H17F2N3O. The van der Waals surface area contributed by atoms with Gasteiger partial charge >= 0.3 is 0 Å². The number of piperazine rings is 1. The van der Waals surface area contributed by atoms with Crippen molar-refractivity contribution >= 4 is 5.91 Å². The van der Waals surface area contributed by atoms with Crippen LogP contribution in [-0.4, -0.2) is 41.9 Å². The van der Waals surface area contributed by atoms with Crippen LogP contribution < -0.4 is 0 Å². The van der Waals surface area contributed by atoms with Crippen molar-refractivity contribution in [3.05, 3.63) is 71.3 Å². The number of hydrogen-bond donors (Lipinski definition) is 0. The van der Waals surface area contributed by atoms with E-state index in [0.717, 1.165) is 5.56 Å². The smallest absolute Gasteiger partial charge is 0.253 e. The first-order chi connectivity index (χ1) is 12.1. The molecule has 1 fully saturated rings. The molecule has 25 heavy (non-hydrogen) atoms. The fourth-order valence-corrected chi connectivity index (χ4v) is 2.97. The second kappa shape index (κ2) is 7.41. The van der Waals surface area contributed by atoms with Crippen LogP contribution in [0.5, 0.6) is 0 Å². The number of nitriles is 1. The van der Waals surface area contributed by atoms with Gasteiger partial charge in [0.1, 0.15) is 17.7 Å². The van der Waals surface area contributed by atoms with Crippen LogP contribution in [-0.2, 0) is 0 Å². The molecule has 2 aromatic rings. The van der Waals surface area contributed by atoms with Crippen molar-refractivity contribution in [1.82, 2.24) is 9.80 Å². The topological polar surface area (TPSA) is 47.3 Å². The van der Waals surface area contributed by atoms with E-state index in [9.17, 15) is 18.8 Å². The first-order valence-electron chi connectivity index (χ1n) is 8.02. The minimum atomic E-state index is -0.469. The van der Waals surface area contributed by atoms with Crippen molar-refractivity contribution in [2.24, 2.45) is 0 Å². The number of amides is 1. The maximum absolute atomic E-state index is 13.1. The lowest BCUT2D eigenvalue weighted by Gasteiger charge is -2.37. The van der Waals surface area contributed by atoms with E-state index in [1.807, 2.05) is 4.90 Å². The Bertz CT molecular complexity index is 776. The maximum atomic E-state index is 13.1. The van der Waals surface area contributed by atoms with Crippen LogP contribution in [0.1, 0.15) is 22.0 Å². The first kappa shape index (κ1) is 17.1. The molecule has 0 aromatic heterocycles. The summed E-state index contributed by atoms with van der Waals surface area (Å²) in [7, 11) is 0. The van der Waals surface area contributed by atoms with Crippen LogP contribution in [0.2, 0.25) is 0 Å². The molecule has 1 amide bonds. The summed E-state index contributed by atoms with van der Waals surface area (Å²) in [5.41, 5.74) is 1.19. The Labute approximate surface area is 144 Å². The van der Waals surface area contributed by atoms with Crippen molar-refractivity contribution in [3.8, 4) is 6.07 Å². The summed E-state index contributed by atoms with van der Waals surface area (Å²) in [5.74, 6) is -0.859. The Balaban J connectivity index is 1.64. The quantitative estimate of drug-likeness (QED) is 0.862. The van der Waals surface area contributed by atoms with E-state index in [2.05, 4.69) is 6.07 Å². The fraction of sp³-hybridized carbons (Fsp3) is 0.263. The van der Waals surface area contributed by atoms with Crippen LogP contribution in [0.15, 0.2) is 48.5 Å². The average Bonchev–Trinajstić information content (AvgIpc) is 2.64. The molecule has 2 aromatic carbocycles. The van der Waals surface area contributed by atoms with Gasteiger partial charge in [0.05, 0.1) is 6.07 Å². The van der Waals surface area contributed by atoms with Gasteiger partial charge in [-0.15, -0.1) is 0 Å². The van der Waals surface area contributed by atoms with Gasteiger partial charge in [0.2, 0.25) is 0 Å². The van der Waals surface area contributed by atoms with E-state index < -0.39 is 6.04 Å². The van der Waals surface area contributed by atoms with Gasteiger partial charge < -0.3 is 4.90 Å². The van der Waals surface area contributed by atoms with E-state index in [-0.39, 0.29) is 17.5 Å². The second-order valence-corrected chi connectivity index (χ2v) is 5.92. The summed E-state index contributed by atoms with van der Waals surface area (Å²) in [5, 5.41) is 9.48. The molecule has 1 atom stereocenters. The Morgan fingerprint density at radius 3 is 1.96 bits per heavy atom. The Hall–Kier alpha value is -2.78. The number of carbonyl (C=O) groups is 1.